The molecule has 1 aromatic carbocycles. The van der Waals surface area contributed by atoms with E-state index in [1.165, 1.54) is 5.56 Å². The van der Waals surface area contributed by atoms with Gasteiger partial charge in [0.1, 0.15) is 5.75 Å². The Morgan fingerprint density at radius 1 is 0.938 bits per heavy atom. The summed E-state index contributed by atoms with van der Waals surface area (Å²) in [5, 5.41) is 3.25. The van der Waals surface area contributed by atoms with Crippen LogP contribution in [-0.4, -0.2) is 34.4 Å². The third-order valence-electron chi connectivity index (χ3n) is 2.96. The van der Waals surface area contributed by atoms with E-state index in [0.29, 0.717) is 11.7 Å². The van der Waals surface area contributed by atoms with Crippen molar-refractivity contribution in [2.24, 2.45) is 0 Å². The van der Waals surface area contributed by atoms with Gasteiger partial charge in [0.15, 0.2) is 11.5 Å². The second-order valence-corrected chi connectivity index (χ2v) is 3.80. The van der Waals surface area contributed by atoms with E-state index < -0.39 is 0 Å². The van der Waals surface area contributed by atoms with Gasteiger partial charge in [0.2, 0.25) is 0 Å². The van der Waals surface area contributed by atoms with Crippen LogP contribution < -0.4 is 19.5 Å². The van der Waals surface area contributed by atoms with E-state index in [1.54, 1.807) is 21.3 Å². The van der Waals surface area contributed by atoms with Gasteiger partial charge in [0.25, 0.3) is 0 Å². The summed E-state index contributed by atoms with van der Waals surface area (Å²) in [5.41, 5.74) is 1.18. The molecule has 0 amide bonds. The fourth-order valence-corrected chi connectivity index (χ4v) is 1.88. The molecule has 4 heteroatoms. The third kappa shape index (κ3) is 1.80. The van der Waals surface area contributed by atoms with Crippen molar-refractivity contribution in [3.8, 4) is 17.2 Å². The van der Waals surface area contributed by atoms with Crippen LogP contribution in [0.15, 0.2) is 12.1 Å². The van der Waals surface area contributed by atoms with Crippen molar-refractivity contribution in [1.29, 1.82) is 0 Å². The first-order valence-corrected chi connectivity index (χ1v) is 5.30. The Kier molecular flexibility index (Phi) is 3.19. The van der Waals surface area contributed by atoms with Crippen LogP contribution in [0.2, 0.25) is 0 Å². The molecule has 0 radical (unpaired) electrons. The molecule has 0 saturated carbocycles. The maximum atomic E-state index is 5.38. The Bertz CT molecular complexity index is 375. The van der Waals surface area contributed by atoms with Crippen LogP contribution in [0.3, 0.4) is 0 Å². The van der Waals surface area contributed by atoms with Crippen LogP contribution in [0.5, 0.6) is 17.2 Å². The lowest BCUT2D eigenvalue weighted by Gasteiger charge is -2.29. The molecular formula is C12H17NO3. The first-order valence-electron chi connectivity index (χ1n) is 5.30. The average Bonchev–Trinajstić information content (AvgIpc) is 2.26. The van der Waals surface area contributed by atoms with E-state index in [-0.39, 0.29) is 0 Å². The standard InChI is InChI=1S/C12H17NO3/c1-14-10-5-12(16-3)11(15-2)4-9(10)8-6-13-7-8/h4-5,8,13H,6-7H2,1-3H3. The Balaban J connectivity index is 2.41. The van der Waals surface area contributed by atoms with Crippen LogP contribution in [0.4, 0.5) is 0 Å². The first-order chi connectivity index (χ1) is 7.80. The smallest absolute Gasteiger partial charge is 0.164 e. The van der Waals surface area contributed by atoms with Crippen molar-refractivity contribution in [3.05, 3.63) is 17.7 Å². The van der Waals surface area contributed by atoms with Crippen molar-refractivity contribution < 1.29 is 14.2 Å². The number of benzene rings is 1. The van der Waals surface area contributed by atoms with Crippen molar-refractivity contribution in [3.63, 3.8) is 0 Å². The van der Waals surface area contributed by atoms with Crippen molar-refractivity contribution in [2.45, 2.75) is 5.92 Å². The summed E-state index contributed by atoms with van der Waals surface area (Å²) in [5.74, 6) is 2.83. The Morgan fingerprint density at radius 2 is 1.50 bits per heavy atom. The quantitative estimate of drug-likeness (QED) is 0.837. The van der Waals surface area contributed by atoms with Gasteiger partial charge in [-0.1, -0.05) is 0 Å². The molecule has 0 atom stereocenters. The normalized spacial score (nSPS) is 15.4. The lowest BCUT2D eigenvalue weighted by Crippen LogP contribution is -2.40. The number of hydrogen-bond acceptors (Lipinski definition) is 4. The van der Waals surface area contributed by atoms with Crippen LogP contribution in [0.25, 0.3) is 0 Å². The van der Waals surface area contributed by atoms with Gasteiger partial charge in [-0.25, -0.2) is 0 Å². The van der Waals surface area contributed by atoms with Crippen LogP contribution in [0, 0.1) is 0 Å². The van der Waals surface area contributed by atoms with Gasteiger partial charge in [-0.3, -0.25) is 0 Å². The zero-order chi connectivity index (χ0) is 11.5. The Hall–Kier alpha value is -1.42. The molecule has 1 aliphatic rings. The van der Waals surface area contributed by atoms with Gasteiger partial charge < -0.3 is 19.5 Å². The molecule has 1 heterocycles. The van der Waals surface area contributed by atoms with Gasteiger partial charge in [-0.15, -0.1) is 0 Å². The lowest BCUT2D eigenvalue weighted by atomic mass is 9.92. The molecule has 4 nitrogen and oxygen atoms in total. The molecule has 0 aliphatic carbocycles. The molecule has 1 N–H and O–H groups in total. The molecule has 88 valence electrons. The van der Waals surface area contributed by atoms with Crippen LogP contribution in [-0.2, 0) is 0 Å². The highest BCUT2D eigenvalue weighted by Crippen LogP contribution is 2.38. The summed E-state index contributed by atoms with van der Waals surface area (Å²) in [7, 11) is 4.95. The largest absolute Gasteiger partial charge is 0.496 e. The fourth-order valence-electron chi connectivity index (χ4n) is 1.88. The number of nitrogens with one attached hydrogen (secondary N) is 1. The summed E-state index contributed by atoms with van der Waals surface area (Å²) in [4.78, 5) is 0. The maximum Gasteiger partial charge on any atom is 0.164 e. The number of ether oxygens (including phenoxy) is 3. The minimum atomic E-state index is 0.509. The monoisotopic (exact) mass is 223 g/mol. The minimum absolute atomic E-state index is 0.509. The molecule has 0 aromatic heterocycles. The van der Waals surface area contributed by atoms with Gasteiger partial charge in [-0.05, 0) is 6.07 Å². The summed E-state index contributed by atoms with van der Waals surface area (Å²) in [6.45, 7) is 1.98. The van der Waals surface area contributed by atoms with E-state index >= 15 is 0 Å². The molecule has 1 aliphatic heterocycles. The zero-order valence-corrected chi connectivity index (χ0v) is 9.87. The van der Waals surface area contributed by atoms with E-state index in [1.807, 2.05) is 12.1 Å². The molecule has 1 saturated heterocycles. The van der Waals surface area contributed by atoms with Crippen molar-refractivity contribution in [1.82, 2.24) is 5.32 Å². The van der Waals surface area contributed by atoms with Crippen LogP contribution >= 0.6 is 0 Å². The molecule has 1 fully saturated rings. The topological polar surface area (TPSA) is 39.7 Å². The Morgan fingerprint density at radius 3 is 1.94 bits per heavy atom. The van der Waals surface area contributed by atoms with Crippen molar-refractivity contribution >= 4 is 0 Å². The van der Waals surface area contributed by atoms with Crippen LogP contribution in [0.1, 0.15) is 11.5 Å². The van der Waals surface area contributed by atoms with Gasteiger partial charge in [-0.2, -0.15) is 0 Å². The average molecular weight is 223 g/mol. The number of methoxy groups -OCH3 is 3. The summed E-state index contributed by atoms with van der Waals surface area (Å²) < 4.78 is 15.9. The summed E-state index contributed by atoms with van der Waals surface area (Å²) >= 11 is 0. The first kappa shape index (κ1) is 11.1. The molecule has 0 unspecified atom stereocenters. The van der Waals surface area contributed by atoms with Gasteiger partial charge in [0, 0.05) is 30.6 Å². The second kappa shape index (κ2) is 4.61. The SMILES string of the molecule is COc1cc(OC)c(C2CNC2)cc1OC. The molecular weight excluding hydrogens is 206 g/mol. The lowest BCUT2D eigenvalue weighted by molar-refractivity contribution is 0.342. The molecule has 0 spiro atoms. The van der Waals surface area contributed by atoms with E-state index in [2.05, 4.69) is 5.32 Å². The van der Waals surface area contributed by atoms with E-state index in [4.69, 9.17) is 14.2 Å². The highest BCUT2D eigenvalue weighted by atomic mass is 16.5. The highest BCUT2D eigenvalue weighted by Gasteiger charge is 2.24. The highest BCUT2D eigenvalue weighted by molar-refractivity contribution is 5.52. The number of rotatable bonds is 4. The Labute approximate surface area is 95.5 Å². The predicted octanol–water partition coefficient (Wildman–Crippen LogP) is 1.40. The molecule has 16 heavy (non-hydrogen) atoms. The number of hydrogen-bond donors (Lipinski definition) is 1. The minimum Gasteiger partial charge on any atom is -0.496 e. The van der Waals surface area contributed by atoms with Crippen molar-refractivity contribution in [2.75, 3.05) is 34.4 Å². The molecule has 0 bridgehead atoms. The third-order valence-corrected chi connectivity index (χ3v) is 2.96. The zero-order valence-electron chi connectivity index (χ0n) is 9.87. The van der Waals surface area contributed by atoms with E-state index in [0.717, 1.165) is 24.6 Å². The maximum absolute atomic E-state index is 5.38. The molecule has 2 rings (SSSR count). The summed E-state index contributed by atoms with van der Waals surface area (Å²) in [6, 6.07) is 3.88. The summed E-state index contributed by atoms with van der Waals surface area (Å²) in [6.07, 6.45) is 0. The van der Waals surface area contributed by atoms with Gasteiger partial charge in [0.05, 0.1) is 21.3 Å². The predicted molar refractivity (Wildman–Crippen MR) is 61.7 cm³/mol. The van der Waals surface area contributed by atoms with E-state index in [9.17, 15) is 0 Å². The fraction of sp³-hybridized carbons (Fsp3) is 0.500. The second-order valence-electron chi connectivity index (χ2n) is 3.80. The molecule has 1 aromatic rings. The van der Waals surface area contributed by atoms with Gasteiger partial charge >= 0.3 is 0 Å².